The van der Waals surface area contributed by atoms with Crippen LogP contribution in [0.1, 0.15) is 21.5 Å². The third-order valence-corrected chi connectivity index (χ3v) is 7.52. The van der Waals surface area contributed by atoms with E-state index < -0.39 is 11.5 Å². The highest BCUT2D eigenvalue weighted by molar-refractivity contribution is 9.11. The van der Waals surface area contributed by atoms with Crippen LogP contribution in [0.4, 0.5) is 0 Å². The third kappa shape index (κ3) is 6.18. The van der Waals surface area contributed by atoms with E-state index in [-0.39, 0.29) is 11.6 Å². The number of aryl methyl sites for hydroxylation is 1. The molecule has 1 heterocycles. The van der Waals surface area contributed by atoms with Gasteiger partial charge in [-0.1, -0.05) is 45.8 Å². The van der Waals surface area contributed by atoms with Gasteiger partial charge in [0, 0.05) is 15.6 Å². The number of carbonyl (C=O) groups excluding carboxylic acids is 1. The van der Waals surface area contributed by atoms with Crippen LogP contribution < -0.4 is 24.5 Å². The molecule has 11 heteroatoms. The van der Waals surface area contributed by atoms with E-state index in [0.29, 0.717) is 53.8 Å². The average molecular weight is 707 g/mol. The van der Waals surface area contributed by atoms with Gasteiger partial charge in [0.15, 0.2) is 23.1 Å². The Bertz CT molecular complexity index is 1930. The summed E-state index contributed by atoms with van der Waals surface area (Å²) in [4.78, 5) is 31.6. The molecule has 0 saturated carbocycles. The number of carbonyl (C=O) groups is 1. The van der Waals surface area contributed by atoms with Crippen molar-refractivity contribution in [3.63, 3.8) is 0 Å². The lowest BCUT2D eigenvalue weighted by molar-refractivity contribution is 0.0733. The molecule has 4 aromatic carbocycles. The predicted octanol–water partition coefficient (Wildman–Crippen LogP) is 7.02. The highest BCUT2D eigenvalue weighted by Gasteiger charge is 2.20. The number of rotatable bonds is 8. The number of benzene rings is 4. The largest absolute Gasteiger partial charge is 0.493 e. The molecule has 0 atom stereocenters. The molecule has 5 rings (SSSR count). The molecule has 0 amide bonds. The minimum atomic E-state index is -0.538. The monoisotopic (exact) mass is 705 g/mol. The van der Waals surface area contributed by atoms with Gasteiger partial charge in [0.05, 0.1) is 48.5 Å². The lowest BCUT2D eigenvalue weighted by Crippen LogP contribution is -2.20. The lowest BCUT2D eigenvalue weighted by Gasteiger charge is -2.15. The van der Waals surface area contributed by atoms with E-state index in [1.54, 1.807) is 66.7 Å². The van der Waals surface area contributed by atoms with Gasteiger partial charge < -0.3 is 18.9 Å². The molecule has 0 aliphatic rings. The maximum atomic E-state index is 13.8. The van der Waals surface area contributed by atoms with Crippen molar-refractivity contribution in [1.82, 2.24) is 9.66 Å². The van der Waals surface area contributed by atoms with Crippen molar-refractivity contribution in [1.29, 1.82) is 0 Å². The lowest BCUT2D eigenvalue weighted by atomic mass is 10.1. The fourth-order valence-corrected chi connectivity index (χ4v) is 5.79. The molecule has 0 unspecified atom stereocenters. The second kappa shape index (κ2) is 12.8. The first-order chi connectivity index (χ1) is 20.7. The van der Waals surface area contributed by atoms with Crippen LogP contribution >= 0.6 is 31.9 Å². The summed E-state index contributed by atoms with van der Waals surface area (Å²) >= 11 is 6.98. The molecule has 9 nitrogen and oxygen atoms in total. The van der Waals surface area contributed by atoms with Crippen molar-refractivity contribution in [2.24, 2.45) is 5.10 Å². The minimum absolute atomic E-state index is 0.228. The number of halogens is 2. The first kappa shape index (κ1) is 30.0. The highest BCUT2D eigenvalue weighted by atomic mass is 79.9. The molecule has 218 valence electrons. The van der Waals surface area contributed by atoms with E-state index in [1.165, 1.54) is 32.2 Å². The van der Waals surface area contributed by atoms with E-state index in [1.807, 2.05) is 13.0 Å². The summed E-state index contributed by atoms with van der Waals surface area (Å²) in [7, 11) is 4.52. The molecule has 0 spiro atoms. The Morgan fingerprint density at radius 2 is 1.60 bits per heavy atom. The maximum absolute atomic E-state index is 13.8. The van der Waals surface area contributed by atoms with Gasteiger partial charge >= 0.3 is 5.97 Å². The van der Waals surface area contributed by atoms with Crippen LogP contribution in [0.15, 0.2) is 91.6 Å². The first-order valence-electron chi connectivity index (χ1n) is 12.9. The maximum Gasteiger partial charge on any atom is 0.343 e. The number of hydrogen-bond donors (Lipinski definition) is 0. The van der Waals surface area contributed by atoms with E-state index in [2.05, 4.69) is 37.0 Å². The number of methoxy groups -OCH3 is 3. The van der Waals surface area contributed by atoms with E-state index in [4.69, 9.17) is 23.9 Å². The van der Waals surface area contributed by atoms with E-state index in [9.17, 15) is 9.59 Å². The van der Waals surface area contributed by atoms with Gasteiger partial charge in [-0.2, -0.15) is 9.78 Å². The van der Waals surface area contributed by atoms with Crippen LogP contribution in [0.5, 0.6) is 23.0 Å². The Kier molecular flexibility index (Phi) is 8.93. The Hall–Kier alpha value is -4.48. The second-order valence-electron chi connectivity index (χ2n) is 9.29. The standard InChI is InChI=1S/C32H25Br2N3O6/c1-18-8-7-9-19(12-18)32(39)43-28-21(13-22(33)16-24(28)34)17-35-37-30(36-25-11-6-5-10-23(25)31(37)38)20-14-26(40-2)29(42-4)27(15-20)41-3/h5-17H,1-4H3. The van der Waals surface area contributed by atoms with Gasteiger partial charge in [0.2, 0.25) is 5.75 Å². The summed E-state index contributed by atoms with van der Waals surface area (Å²) in [5, 5.41) is 4.94. The van der Waals surface area contributed by atoms with Gasteiger partial charge in [-0.25, -0.2) is 9.78 Å². The molecule has 0 aliphatic carbocycles. The molecular formula is C32H25Br2N3O6. The quantitative estimate of drug-likeness (QED) is 0.0971. The predicted molar refractivity (Wildman–Crippen MR) is 172 cm³/mol. The normalized spacial score (nSPS) is 11.1. The average Bonchev–Trinajstić information content (AvgIpc) is 3.01. The van der Waals surface area contributed by atoms with Crippen molar-refractivity contribution in [3.05, 3.63) is 109 Å². The SMILES string of the molecule is COc1cc(-c2nc3ccccc3c(=O)n2N=Cc2cc(Br)cc(Br)c2OC(=O)c2cccc(C)c2)cc(OC)c1OC. The topological polar surface area (TPSA) is 101 Å². The van der Waals surface area contributed by atoms with Gasteiger partial charge in [-0.3, -0.25) is 4.79 Å². The Morgan fingerprint density at radius 1 is 0.884 bits per heavy atom. The third-order valence-electron chi connectivity index (χ3n) is 6.47. The van der Waals surface area contributed by atoms with E-state index >= 15 is 0 Å². The second-order valence-corrected chi connectivity index (χ2v) is 11.1. The number of aromatic nitrogens is 2. The van der Waals surface area contributed by atoms with Gasteiger partial charge in [-0.05, 0) is 71.4 Å². The van der Waals surface area contributed by atoms with Crippen molar-refractivity contribution >= 4 is 54.9 Å². The Balaban J connectivity index is 1.68. The van der Waals surface area contributed by atoms with Gasteiger partial charge in [0.25, 0.3) is 5.56 Å². The molecule has 43 heavy (non-hydrogen) atoms. The highest BCUT2D eigenvalue weighted by Crippen LogP contribution is 2.41. The minimum Gasteiger partial charge on any atom is -0.493 e. The molecule has 0 bridgehead atoms. The smallest absolute Gasteiger partial charge is 0.343 e. The molecule has 5 aromatic rings. The molecule has 0 saturated heterocycles. The van der Waals surface area contributed by atoms with E-state index in [0.717, 1.165) is 5.56 Å². The first-order valence-corrected chi connectivity index (χ1v) is 14.5. The van der Waals surface area contributed by atoms with Crippen LogP contribution in [0.25, 0.3) is 22.3 Å². The number of nitrogens with zero attached hydrogens (tertiary/aromatic N) is 3. The number of fused-ring (bicyclic) bond motifs is 1. The number of hydrogen-bond acceptors (Lipinski definition) is 8. The van der Waals surface area contributed by atoms with Crippen molar-refractivity contribution < 1.29 is 23.7 Å². The number of esters is 1. The van der Waals surface area contributed by atoms with Gasteiger partial charge in [-0.15, -0.1) is 0 Å². The molecule has 0 fully saturated rings. The summed E-state index contributed by atoms with van der Waals surface area (Å²) in [5.41, 5.74) is 2.33. The van der Waals surface area contributed by atoms with Crippen molar-refractivity contribution in [2.75, 3.05) is 21.3 Å². The molecule has 0 aliphatic heterocycles. The zero-order chi connectivity index (χ0) is 30.7. The molecular weight excluding hydrogens is 682 g/mol. The van der Waals surface area contributed by atoms with Crippen LogP contribution in [-0.2, 0) is 0 Å². The summed E-state index contributed by atoms with van der Waals surface area (Å²) in [6, 6.07) is 21.0. The van der Waals surface area contributed by atoms with Crippen LogP contribution in [0.2, 0.25) is 0 Å². The van der Waals surface area contributed by atoms with Gasteiger partial charge in [0.1, 0.15) is 0 Å². The molecule has 0 radical (unpaired) electrons. The fourth-order valence-electron chi connectivity index (χ4n) is 4.46. The summed E-state index contributed by atoms with van der Waals surface area (Å²) in [6.45, 7) is 1.89. The van der Waals surface area contributed by atoms with Crippen LogP contribution in [-0.4, -0.2) is 43.2 Å². The zero-order valence-corrected chi connectivity index (χ0v) is 26.7. The van der Waals surface area contributed by atoms with Crippen molar-refractivity contribution in [2.45, 2.75) is 6.92 Å². The summed E-state index contributed by atoms with van der Waals surface area (Å²) < 4.78 is 24.7. The Morgan fingerprint density at radius 3 is 2.28 bits per heavy atom. The molecule has 0 N–H and O–H groups in total. The Labute approximate surface area is 264 Å². The number of ether oxygens (including phenoxy) is 4. The fraction of sp³-hybridized carbons (Fsp3) is 0.125. The zero-order valence-electron chi connectivity index (χ0n) is 23.6. The van der Waals surface area contributed by atoms with Crippen molar-refractivity contribution in [3.8, 4) is 34.4 Å². The number of para-hydroxylation sites is 1. The summed E-state index contributed by atoms with van der Waals surface area (Å²) in [5.74, 6) is 1.09. The van der Waals surface area contributed by atoms with Crippen LogP contribution in [0.3, 0.4) is 0 Å². The molecule has 1 aromatic heterocycles. The summed E-state index contributed by atoms with van der Waals surface area (Å²) in [6.07, 6.45) is 1.44. The van der Waals surface area contributed by atoms with Crippen LogP contribution in [0, 0.1) is 6.92 Å².